The number of furan rings is 1. The van der Waals surface area contributed by atoms with Crippen molar-refractivity contribution in [3.8, 4) is 5.75 Å². The van der Waals surface area contributed by atoms with E-state index in [9.17, 15) is 14.7 Å². The highest BCUT2D eigenvalue weighted by Crippen LogP contribution is 2.43. The van der Waals surface area contributed by atoms with Crippen LogP contribution in [0.2, 0.25) is 0 Å². The van der Waals surface area contributed by atoms with Gasteiger partial charge in [0.15, 0.2) is 0 Å². The molecule has 2 fully saturated rings. The van der Waals surface area contributed by atoms with E-state index >= 15 is 0 Å². The van der Waals surface area contributed by atoms with Crippen LogP contribution in [0.5, 0.6) is 5.75 Å². The predicted molar refractivity (Wildman–Crippen MR) is 147 cm³/mol. The number of amides is 1. The predicted octanol–water partition coefficient (Wildman–Crippen LogP) is 6.24. The van der Waals surface area contributed by atoms with Gasteiger partial charge in [0.25, 0.3) is 11.7 Å². The highest BCUT2D eigenvalue weighted by Gasteiger charge is 2.48. The average molecular weight is 515 g/mol. The van der Waals surface area contributed by atoms with Gasteiger partial charge >= 0.3 is 0 Å². The molecule has 1 unspecified atom stereocenters. The molecule has 38 heavy (non-hydrogen) atoms. The normalized spacial score (nSPS) is 20.0. The molecule has 198 valence electrons. The Morgan fingerprint density at radius 1 is 1.03 bits per heavy atom. The number of hydrogen-bond donors (Lipinski definition) is 1. The van der Waals surface area contributed by atoms with Crippen LogP contribution in [0.4, 0.5) is 11.4 Å². The first kappa shape index (κ1) is 25.6. The zero-order valence-electron chi connectivity index (χ0n) is 22.3. The van der Waals surface area contributed by atoms with Gasteiger partial charge in [-0.25, -0.2) is 0 Å². The Morgan fingerprint density at radius 2 is 1.71 bits per heavy atom. The SMILES string of the molecule is Cc1cc(/C(O)=C2/C(=O)C(=O)N(c3ccc(N4CCC(C)CC4)cc3)C2c2ccco2)ccc1OC(C)C. The summed E-state index contributed by atoms with van der Waals surface area (Å²) in [5, 5.41) is 11.4. The summed E-state index contributed by atoms with van der Waals surface area (Å²) in [5.41, 5.74) is 2.90. The summed E-state index contributed by atoms with van der Waals surface area (Å²) in [5.74, 6) is 0.125. The number of benzene rings is 2. The van der Waals surface area contributed by atoms with Crippen molar-refractivity contribution in [1.82, 2.24) is 0 Å². The molecule has 2 saturated heterocycles. The highest BCUT2D eigenvalue weighted by atomic mass is 16.5. The van der Waals surface area contributed by atoms with Gasteiger partial charge in [0.05, 0.1) is 17.9 Å². The van der Waals surface area contributed by atoms with Gasteiger partial charge in [-0.2, -0.15) is 0 Å². The van der Waals surface area contributed by atoms with E-state index in [1.807, 2.05) is 45.0 Å². The van der Waals surface area contributed by atoms with Crippen LogP contribution in [0, 0.1) is 12.8 Å². The van der Waals surface area contributed by atoms with Gasteiger partial charge in [0.2, 0.25) is 0 Å². The van der Waals surface area contributed by atoms with E-state index in [2.05, 4.69) is 11.8 Å². The first-order valence-corrected chi connectivity index (χ1v) is 13.2. The van der Waals surface area contributed by atoms with Gasteiger partial charge in [0.1, 0.15) is 23.3 Å². The van der Waals surface area contributed by atoms with Crippen molar-refractivity contribution in [3.63, 3.8) is 0 Å². The van der Waals surface area contributed by atoms with Crippen molar-refractivity contribution in [1.29, 1.82) is 0 Å². The van der Waals surface area contributed by atoms with Gasteiger partial charge in [-0.15, -0.1) is 0 Å². The molecule has 7 heteroatoms. The highest BCUT2D eigenvalue weighted by molar-refractivity contribution is 6.51. The molecule has 1 aromatic heterocycles. The van der Waals surface area contributed by atoms with Crippen LogP contribution in [0.15, 0.2) is 70.9 Å². The monoisotopic (exact) mass is 514 g/mol. The molecule has 1 amide bonds. The molecule has 7 nitrogen and oxygen atoms in total. The van der Waals surface area contributed by atoms with Crippen molar-refractivity contribution >= 4 is 28.8 Å². The maximum atomic E-state index is 13.4. The van der Waals surface area contributed by atoms with Crippen LogP contribution in [-0.2, 0) is 9.59 Å². The van der Waals surface area contributed by atoms with Gasteiger partial charge in [-0.3, -0.25) is 14.5 Å². The second-order valence-corrected chi connectivity index (χ2v) is 10.5. The Balaban J connectivity index is 1.53. The van der Waals surface area contributed by atoms with Crippen LogP contribution >= 0.6 is 0 Å². The Kier molecular flexibility index (Phi) is 7.02. The topological polar surface area (TPSA) is 83.2 Å². The zero-order valence-corrected chi connectivity index (χ0v) is 22.3. The summed E-state index contributed by atoms with van der Waals surface area (Å²) in [4.78, 5) is 30.5. The van der Waals surface area contributed by atoms with Gasteiger partial charge in [-0.1, -0.05) is 6.92 Å². The Hall–Kier alpha value is -4.00. The van der Waals surface area contributed by atoms with Crippen LogP contribution in [0.25, 0.3) is 5.76 Å². The number of anilines is 2. The number of carbonyl (C=O) groups excluding carboxylic acids is 2. The van der Waals surface area contributed by atoms with Gasteiger partial charge < -0.3 is 19.2 Å². The molecule has 1 atom stereocenters. The molecule has 2 aliphatic rings. The molecule has 0 aliphatic carbocycles. The fraction of sp³-hybridized carbons (Fsp3) is 0.355. The molecule has 2 aliphatic heterocycles. The summed E-state index contributed by atoms with van der Waals surface area (Å²) in [6, 6.07) is 15.4. The fourth-order valence-corrected chi connectivity index (χ4v) is 5.24. The molecule has 2 aromatic carbocycles. The number of rotatable bonds is 6. The summed E-state index contributed by atoms with van der Waals surface area (Å²) in [6.07, 6.45) is 3.80. The minimum absolute atomic E-state index is 0.00212. The van der Waals surface area contributed by atoms with E-state index in [-0.39, 0.29) is 17.4 Å². The third kappa shape index (κ3) is 4.80. The van der Waals surface area contributed by atoms with Crippen molar-refractivity contribution in [2.24, 2.45) is 5.92 Å². The summed E-state index contributed by atoms with van der Waals surface area (Å²) >= 11 is 0. The first-order chi connectivity index (χ1) is 18.2. The molecule has 0 saturated carbocycles. The smallest absolute Gasteiger partial charge is 0.300 e. The number of carbonyl (C=O) groups is 2. The Bertz CT molecular complexity index is 1350. The third-order valence-corrected chi connectivity index (χ3v) is 7.34. The number of aliphatic hydroxyl groups excluding tert-OH is 1. The lowest BCUT2D eigenvalue weighted by atomic mass is 9.98. The largest absolute Gasteiger partial charge is 0.507 e. The number of ketones is 1. The van der Waals surface area contributed by atoms with E-state index in [0.29, 0.717) is 22.8 Å². The third-order valence-electron chi connectivity index (χ3n) is 7.34. The molecule has 0 spiro atoms. The molecular weight excluding hydrogens is 480 g/mol. The number of hydrogen-bond acceptors (Lipinski definition) is 6. The number of ether oxygens (including phenoxy) is 1. The molecule has 0 bridgehead atoms. The molecule has 0 radical (unpaired) electrons. The van der Waals surface area contributed by atoms with E-state index in [1.54, 1.807) is 30.3 Å². The molecular formula is C31H34N2O5. The number of aliphatic hydroxyl groups is 1. The zero-order chi connectivity index (χ0) is 27.0. The lowest BCUT2D eigenvalue weighted by Crippen LogP contribution is -2.33. The quantitative estimate of drug-likeness (QED) is 0.238. The van der Waals surface area contributed by atoms with Gasteiger partial charge in [0, 0.05) is 30.0 Å². The van der Waals surface area contributed by atoms with Crippen LogP contribution in [-0.4, -0.2) is 36.0 Å². The molecule has 1 N–H and O–H groups in total. The summed E-state index contributed by atoms with van der Waals surface area (Å²) in [6.45, 7) is 10.0. The number of nitrogens with zero attached hydrogens (tertiary/aromatic N) is 2. The molecule has 3 heterocycles. The average Bonchev–Trinajstić information content (AvgIpc) is 3.52. The number of aryl methyl sites for hydroxylation is 1. The fourth-order valence-electron chi connectivity index (χ4n) is 5.24. The van der Waals surface area contributed by atoms with Crippen molar-refractivity contribution in [2.75, 3.05) is 22.9 Å². The van der Waals surface area contributed by atoms with Crippen LogP contribution in [0.3, 0.4) is 0 Å². The first-order valence-electron chi connectivity index (χ1n) is 13.2. The maximum absolute atomic E-state index is 13.4. The number of Topliss-reactive ketones (excluding diaryl/α,β-unsaturated/α-hetero) is 1. The van der Waals surface area contributed by atoms with Crippen LogP contribution < -0.4 is 14.5 Å². The van der Waals surface area contributed by atoms with Crippen molar-refractivity contribution in [2.45, 2.75) is 52.7 Å². The van der Waals surface area contributed by atoms with Crippen molar-refractivity contribution in [3.05, 3.63) is 83.3 Å². The lowest BCUT2D eigenvalue weighted by Gasteiger charge is -2.32. The van der Waals surface area contributed by atoms with Crippen molar-refractivity contribution < 1.29 is 23.8 Å². The minimum atomic E-state index is -0.890. The van der Waals surface area contributed by atoms with Crippen LogP contribution in [0.1, 0.15) is 56.5 Å². The second-order valence-electron chi connectivity index (χ2n) is 10.5. The van der Waals surface area contributed by atoms with Gasteiger partial charge in [-0.05, 0) is 99.7 Å². The summed E-state index contributed by atoms with van der Waals surface area (Å²) in [7, 11) is 0. The van der Waals surface area contributed by atoms with E-state index in [1.165, 1.54) is 11.2 Å². The van der Waals surface area contributed by atoms with E-state index in [0.717, 1.165) is 43.1 Å². The number of piperidine rings is 1. The van der Waals surface area contributed by atoms with E-state index < -0.39 is 17.7 Å². The lowest BCUT2D eigenvalue weighted by molar-refractivity contribution is -0.132. The molecule has 3 aromatic rings. The van der Waals surface area contributed by atoms with E-state index in [4.69, 9.17) is 9.15 Å². The Morgan fingerprint density at radius 3 is 2.32 bits per heavy atom. The molecule has 5 rings (SSSR count). The second kappa shape index (κ2) is 10.4. The Labute approximate surface area is 223 Å². The minimum Gasteiger partial charge on any atom is -0.507 e. The standard InChI is InChI=1S/C31H34N2O5/c1-19(2)38-25-12-7-22(18-21(25)4)29(34)27-28(26-6-5-17-37-26)33(31(36)30(27)35)24-10-8-23(9-11-24)32-15-13-20(3)14-16-32/h5-12,17-20,28,34H,13-16H2,1-4H3/b29-27-. The summed E-state index contributed by atoms with van der Waals surface area (Å²) < 4.78 is 11.5. The maximum Gasteiger partial charge on any atom is 0.300 e.